The van der Waals surface area contributed by atoms with Crippen LogP contribution in [-0.4, -0.2) is 11.5 Å². The molecule has 0 saturated heterocycles. The quantitative estimate of drug-likeness (QED) is 0.464. The van der Waals surface area contributed by atoms with E-state index < -0.39 is 0 Å². The molecule has 0 unspecified atom stereocenters. The van der Waals surface area contributed by atoms with Crippen molar-refractivity contribution in [2.75, 3.05) is 5.75 Å². The Balaban J connectivity index is 1.76. The van der Waals surface area contributed by atoms with E-state index in [1.54, 1.807) is 6.07 Å². The summed E-state index contributed by atoms with van der Waals surface area (Å²) in [5.41, 5.74) is 0.519. The number of hydrogen-bond acceptors (Lipinski definition) is 3. The monoisotopic (exact) mass is 364 g/mol. The molecule has 0 amide bonds. The second-order valence-corrected chi connectivity index (χ2v) is 6.31. The molecular weight excluding hydrogens is 355 g/mol. The molecule has 0 atom stereocenters. The largest absolute Gasteiger partial charge is 0.453 e. The number of fused-ring (bicyclic) bond motifs is 1. The van der Waals surface area contributed by atoms with Crippen LogP contribution < -0.4 is 0 Å². The van der Waals surface area contributed by atoms with Crippen LogP contribution in [0.5, 0.6) is 0 Å². The topological polar surface area (TPSA) is 30.2 Å². The molecule has 0 aliphatic heterocycles. The van der Waals surface area contributed by atoms with Gasteiger partial charge in [-0.3, -0.25) is 4.79 Å². The zero-order valence-corrected chi connectivity index (χ0v) is 13.2. The molecular formula is C16H10BrFO2S. The molecule has 0 spiro atoms. The molecule has 1 aromatic heterocycles. The fourth-order valence-electron chi connectivity index (χ4n) is 1.93. The van der Waals surface area contributed by atoms with E-state index >= 15 is 0 Å². The van der Waals surface area contributed by atoms with Crippen LogP contribution in [0, 0.1) is 5.82 Å². The molecule has 0 bridgehead atoms. The molecule has 5 heteroatoms. The third kappa shape index (κ3) is 3.19. The van der Waals surface area contributed by atoms with Gasteiger partial charge >= 0.3 is 0 Å². The Morgan fingerprint density at radius 1 is 1.19 bits per heavy atom. The molecule has 0 radical (unpaired) electrons. The normalized spacial score (nSPS) is 11.0. The number of carbonyl (C=O) groups excluding carboxylic acids is 1. The second kappa shape index (κ2) is 6.03. The number of carbonyl (C=O) groups is 1. The van der Waals surface area contributed by atoms with Gasteiger partial charge in [0, 0.05) is 14.8 Å². The number of hydrogen-bond donors (Lipinski definition) is 0. The molecule has 3 aromatic rings. The SMILES string of the molecule is O=C(CSc1ccccc1Br)c1cc2cc(F)ccc2o1. The zero-order valence-electron chi connectivity index (χ0n) is 10.8. The predicted octanol–water partition coefficient (Wildman–Crippen LogP) is 5.31. The maximum atomic E-state index is 13.1. The van der Waals surface area contributed by atoms with E-state index in [1.165, 1.54) is 30.0 Å². The summed E-state index contributed by atoms with van der Waals surface area (Å²) in [7, 11) is 0. The van der Waals surface area contributed by atoms with E-state index in [0.29, 0.717) is 11.0 Å². The third-order valence-electron chi connectivity index (χ3n) is 2.95. The Morgan fingerprint density at radius 3 is 2.81 bits per heavy atom. The van der Waals surface area contributed by atoms with Crippen molar-refractivity contribution in [3.8, 4) is 0 Å². The lowest BCUT2D eigenvalue weighted by Crippen LogP contribution is -2.00. The van der Waals surface area contributed by atoms with Crippen molar-refractivity contribution >= 4 is 44.4 Å². The van der Waals surface area contributed by atoms with Crippen LogP contribution in [0.15, 0.2) is 62.3 Å². The van der Waals surface area contributed by atoms with Gasteiger partial charge in [-0.1, -0.05) is 12.1 Å². The van der Waals surface area contributed by atoms with Gasteiger partial charge in [0.15, 0.2) is 5.76 Å². The number of thioether (sulfide) groups is 1. The number of halogens is 2. The van der Waals surface area contributed by atoms with Crippen molar-refractivity contribution in [3.05, 3.63) is 64.6 Å². The van der Waals surface area contributed by atoms with E-state index in [1.807, 2.05) is 24.3 Å². The fraction of sp³-hybridized carbons (Fsp3) is 0.0625. The fourth-order valence-corrected chi connectivity index (χ4v) is 3.37. The summed E-state index contributed by atoms with van der Waals surface area (Å²) in [6, 6.07) is 13.5. The Bertz CT molecular complexity index is 813. The van der Waals surface area contributed by atoms with E-state index in [0.717, 1.165) is 9.37 Å². The first-order chi connectivity index (χ1) is 10.1. The Kier molecular flexibility index (Phi) is 4.12. The minimum absolute atomic E-state index is 0.118. The number of furan rings is 1. The molecule has 106 valence electrons. The van der Waals surface area contributed by atoms with Gasteiger partial charge in [-0.25, -0.2) is 4.39 Å². The van der Waals surface area contributed by atoms with Crippen molar-refractivity contribution in [1.29, 1.82) is 0 Å². The van der Waals surface area contributed by atoms with Crippen LogP contribution in [0.2, 0.25) is 0 Å². The molecule has 0 aliphatic rings. The molecule has 0 saturated carbocycles. The first-order valence-corrected chi connectivity index (χ1v) is 8.01. The van der Waals surface area contributed by atoms with Crippen LogP contribution in [0.25, 0.3) is 11.0 Å². The molecule has 0 aliphatic carbocycles. The molecule has 21 heavy (non-hydrogen) atoms. The van der Waals surface area contributed by atoms with Gasteiger partial charge in [0.1, 0.15) is 11.4 Å². The van der Waals surface area contributed by atoms with Crippen LogP contribution in [0.3, 0.4) is 0 Å². The first kappa shape index (κ1) is 14.4. The molecule has 0 fully saturated rings. The predicted molar refractivity (Wildman–Crippen MR) is 85.4 cm³/mol. The Morgan fingerprint density at radius 2 is 2.00 bits per heavy atom. The van der Waals surface area contributed by atoms with Gasteiger partial charge in [-0.2, -0.15) is 0 Å². The summed E-state index contributed by atoms with van der Waals surface area (Å²) in [5, 5.41) is 0.601. The van der Waals surface area contributed by atoms with Crippen LogP contribution >= 0.6 is 27.7 Å². The highest BCUT2D eigenvalue weighted by Crippen LogP contribution is 2.28. The standard InChI is InChI=1S/C16H10BrFO2S/c17-12-3-1-2-4-16(12)21-9-13(19)15-8-10-7-11(18)5-6-14(10)20-15/h1-8H,9H2. The van der Waals surface area contributed by atoms with E-state index in [4.69, 9.17) is 4.42 Å². The van der Waals surface area contributed by atoms with Crippen LogP contribution in [0.4, 0.5) is 4.39 Å². The average Bonchev–Trinajstić information content (AvgIpc) is 2.89. The number of rotatable bonds is 4. The van der Waals surface area contributed by atoms with Gasteiger partial charge in [-0.15, -0.1) is 11.8 Å². The molecule has 2 aromatic carbocycles. The van der Waals surface area contributed by atoms with Gasteiger partial charge in [-0.05, 0) is 52.3 Å². The zero-order chi connectivity index (χ0) is 14.8. The van der Waals surface area contributed by atoms with E-state index in [2.05, 4.69) is 15.9 Å². The lowest BCUT2D eigenvalue weighted by Gasteiger charge is -2.01. The minimum Gasteiger partial charge on any atom is -0.453 e. The molecule has 0 N–H and O–H groups in total. The highest BCUT2D eigenvalue weighted by molar-refractivity contribution is 9.10. The van der Waals surface area contributed by atoms with Crippen LogP contribution in [-0.2, 0) is 0 Å². The van der Waals surface area contributed by atoms with Crippen molar-refractivity contribution in [2.24, 2.45) is 0 Å². The summed E-state index contributed by atoms with van der Waals surface area (Å²) < 4.78 is 19.5. The molecule has 2 nitrogen and oxygen atoms in total. The number of benzene rings is 2. The highest BCUT2D eigenvalue weighted by atomic mass is 79.9. The minimum atomic E-state index is -0.343. The second-order valence-electron chi connectivity index (χ2n) is 4.44. The summed E-state index contributed by atoms with van der Waals surface area (Å²) in [6.07, 6.45) is 0. The van der Waals surface area contributed by atoms with E-state index in [9.17, 15) is 9.18 Å². The maximum absolute atomic E-state index is 13.1. The lowest BCUT2D eigenvalue weighted by atomic mass is 10.2. The smallest absolute Gasteiger partial charge is 0.208 e. The summed E-state index contributed by atoms with van der Waals surface area (Å²) in [5.74, 6) is 0.0673. The molecule has 3 rings (SSSR count). The highest BCUT2D eigenvalue weighted by Gasteiger charge is 2.13. The average molecular weight is 365 g/mol. The number of Topliss-reactive ketones (excluding diaryl/α,β-unsaturated/α-hetero) is 1. The third-order valence-corrected chi connectivity index (χ3v) is 4.98. The summed E-state index contributed by atoms with van der Waals surface area (Å²) in [6.45, 7) is 0. The van der Waals surface area contributed by atoms with Crippen molar-refractivity contribution in [2.45, 2.75) is 4.90 Å². The molecule has 1 heterocycles. The maximum Gasteiger partial charge on any atom is 0.208 e. The van der Waals surface area contributed by atoms with Gasteiger partial charge < -0.3 is 4.42 Å². The lowest BCUT2D eigenvalue weighted by molar-refractivity contribution is 0.0994. The van der Waals surface area contributed by atoms with Crippen molar-refractivity contribution < 1.29 is 13.6 Å². The Hall–Kier alpha value is -1.59. The van der Waals surface area contributed by atoms with Crippen LogP contribution in [0.1, 0.15) is 10.6 Å². The van der Waals surface area contributed by atoms with Gasteiger partial charge in [0.05, 0.1) is 5.75 Å². The van der Waals surface area contributed by atoms with Gasteiger partial charge in [0.25, 0.3) is 0 Å². The summed E-state index contributed by atoms with van der Waals surface area (Å²) >= 11 is 4.87. The van der Waals surface area contributed by atoms with E-state index in [-0.39, 0.29) is 23.1 Å². The van der Waals surface area contributed by atoms with Gasteiger partial charge in [0.2, 0.25) is 5.78 Å². The van der Waals surface area contributed by atoms with Crippen molar-refractivity contribution in [1.82, 2.24) is 0 Å². The number of ketones is 1. The van der Waals surface area contributed by atoms with Crippen molar-refractivity contribution in [3.63, 3.8) is 0 Å². The Labute approximate surface area is 133 Å². The first-order valence-electron chi connectivity index (χ1n) is 6.23. The summed E-state index contributed by atoms with van der Waals surface area (Å²) in [4.78, 5) is 13.2.